The van der Waals surface area contributed by atoms with Crippen LogP contribution in [0.15, 0.2) is 168 Å². The Labute approximate surface area is 291 Å². The van der Waals surface area contributed by atoms with Gasteiger partial charge in [0.1, 0.15) is 11.2 Å². The van der Waals surface area contributed by atoms with E-state index in [9.17, 15) is 0 Å². The Morgan fingerprint density at radius 2 is 0.980 bits per heavy atom. The molecule has 0 aliphatic carbocycles. The van der Waals surface area contributed by atoms with E-state index >= 15 is 0 Å². The van der Waals surface area contributed by atoms with Crippen LogP contribution in [0.2, 0.25) is 0 Å². The number of fused-ring (bicyclic) bond motifs is 9. The third-order valence-electron chi connectivity index (χ3n) is 9.98. The SMILES string of the molecule is c1ccc(-c2nc(-c3cccc4oc5ccccc5c34)nc(-n3c4ccccc4c4cc5c6ccccc6n(-c6ccccc6)c5cc43)n2)cc1. The summed E-state index contributed by atoms with van der Waals surface area (Å²) in [5.74, 6) is 1.74. The first-order valence-corrected chi connectivity index (χ1v) is 17.0. The highest BCUT2D eigenvalue weighted by molar-refractivity contribution is 6.19. The topological polar surface area (TPSA) is 61.7 Å². The maximum Gasteiger partial charge on any atom is 0.238 e. The summed E-state index contributed by atoms with van der Waals surface area (Å²) in [6, 6.07) is 56.7. The van der Waals surface area contributed by atoms with Gasteiger partial charge in [0.05, 0.1) is 22.1 Å². The van der Waals surface area contributed by atoms with Gasteiger partial charge in [-0.3, -0.25) is 4.57 Å². The molecule has 51 heavy (non-hydrogen) atoms. The highest BCUT2D eigenvalue weighted by atomic mass is 16.3. The predicted octanol–water partition coefficient (Wildman–Crippen LogP) is 11.3. The summed E-state index contributed by atoms with van der Waals surface area (Å²) in [7, 11) is 0. The van der Waals surface area contributed by atoms with Crippen LogP contribution >= 0.6 is 0 Å². The Balaban J connectivity index is 1.26. The lowest BCUT2D eigenvalue weighted by Gasteiger charge is -2.12. The Morgan fingerprint density at radius 1 is 0.392 bits per heavy atom. The first-order valence-electron chi connectivity index (χ1n) is 17.0. The van der Waals surface area contributed by atoms with Crippen molar-refractivity contribution in [3.8, 4) is 34.4 Å². The molecule has 0 unspecified atom stereocenters. The summed E-state index contributed by atoms with van der Waals surface area (Å²) < 4.78 is 10.8. The van der Waals surface area contributed by atoms with Gasteiger partial charge in [-0.2, -0.15) is 9.97 Å². The average molecular weight is 654 g/mol. The van der Waals surface area contributed by atoms with Crippen molar-refractivity contribution < 1.29 is 4.42 Å². The van der Waals surface area contributed by atoms with E-state index in [2.05, 4.69) is 112 Å². The molecule has 11 aromatic rings. The molecule has 4 aromatic heterocycles. The smallest absolute Gasteiger partial charge is 0.238 e. The average Bonchev–Trinajstić information content (AvgIpc) is 3.85. The Hall–Kier alpha value is -7.05. The van der Waals surface area contributed by atoms with Crippen molar-refractivity contribution in [2.45, 2.75) is 0 Å². The quantitative estimate of drug-likeness (QED) is 0.190. The molecule has 11 rings (SSSR count). The summed E-state index contributed by atoms with van der Waals surface area (Å²) >= 11 is 0. The second-order valence-electron chi connectivity index (χ2n) is 12.9. The molecule has 0 spiro atoms. The van der Waals surface area contributed by atoms with E-state index in [1.165, 1.54) is 10.8 Å². The van der Waals surface area contributed by atoms with Gasteiger partial charge in [-0.1, -0.05) is 115 Å². The van der Waals surface area contributed by atoms with Crippen molar-refractivity contribution in [2.75, 3.05) is 0 Å². The van der Waals surface area contributed by atoms with E-state index in [1.807, 2.05) is 60.7 Å². The summed E-state index contributed by atoms with van der Waals surface area (Å²) in [5.41, 5.74) is 8.88. The number of hydrogen-bond acceptors (Lipinski definition) is 4. The fraction of sp³-hybridized carbons (Fsp3) is 0. The largest absolute Gasteiger partial charge is 0.456 e. The van der Waals surface area contributed by atoms with Gasteiger partial charge in [-0.05, 0) is 48.5 Å². The summed E-state index contributed by atoms with van der Waals surface area (Å²) in [4.78, 5) is 15.7. The minimum atomic E-state index is 0.552. The number of nitrogens with zero attached hydrogens (tertiary/aromatic N) is 5. The van der Waals surface area contributed by atoms with Crippen LogP contribution in [-0.2, 0) is 0 Å². The molecule has 0 N–H and O–H groups in total. The maximum absolute atomic E-state index is 6.28. The number of para-hydroxylation sites is 4. The molecule has 6 heteroatoms. The molecule has 238 valence electrons. The van der Waals surface area contributed by atoms with Crippen molar-refractivity contribution in [3.05, 3.63) is 164 Å². The van der Waals surface area contributed by atoms with Gasteiger partial charge >= 0.3 is 0 Å². The molecule has 0 fully saturated rings. The molecule has 0 amide bonds. The molecule has 0 saturated carbocycles. The summed E-state index contributed by atoms with van der Waals surface area (Å²) in [6.07, 6.45) is 0. The van der Waals surface area contributed by atoms with Crippen LogP contribution in [0.4, 0.5) is 0 Å². The highest BCUT2D eigenvalue weighted by Gasteiger charge is 2.22. The number of benzene rings is 7. The van der Waals surface area contributed by atoms with Crippen molar-refractivity contribution in [1.29, 1.82) is 0 Å². The van der Waals surface area contributed by atoms with Crippen molar-refractivity contribution in [1.82, 2.24) is 24.1 Å². The van der Waals surface area contributed by atoms with Gasteiger partial charge in [-0.25, -0.2) is 4.98 Å². The standard InChI is InChI=1S/C45H27N5O/c1-3-14-28(15-4-1)43-46-44(33-21-13-25-41-42(33)32-20-9-12-24-40(32)51-41)48-45(47-43)50-37-23-11-8-19-31(37)35-26-34-30-18-7-10-22-36(30)49(38(34)27-39(35)50)29-16-5-2-6-17-29/h1-27H. The van der Waals surface area contributed by atoms with Crippen LogP contribution in [0, 0.1) is 0 Å². The zero-order valence-electron chi connectivity index (χ0n) is 27.2. The van der Waals surface area contributed by atoms with E-state index in [0.717, 1.165) is 71.6 Å². The van der Waals surface area contributed by atoms with Crippen molar-refractivity contribution in [3.63, 3.8) is 0 Å². The second kappa shape index (κ2) is 10.7. The van der Waals surface area contributed by atoms with Gasteiger partial charge in [0.2, 0.25) is 5.95 Å². The Bertz CT molecular complexity index is 3140. The van der Waals surface area contributed by atoms with E-state index in [4.69, 9.17) is 19.4 Å². The molecule has 6 nitrogen and oxygen atoms in total. The number of aromatic nitrogens is 5. The molecule has 0 atom stereocenters. The molecule has 7 aromatic carbocycles. The van der Waals surface area contributed by atoms with Gasteiger partial charge in [0.15, 0.2) is 11.6 Å². The molecular formula is C45H27N5O. The number of hydrogen-bond donors (Lipinski definition) is 0. The van der Waals surface area contributed by atoms with Gasteiger partial charge < -0.3 is 8.98 Å². The first-order chi connectivity index (χ1) is 25.3. The zero-order valence-corrected chi connectivity index (χ0v) is 27.2. The van der Waals surface area contributed by atoms with Crippen LogP contribution < -0.4 is 0 Å². The zero-order chi connectivity index (χ0) is 33.5. The van der Waals surface area contributed by atoms with E-state index in [-0.39, 0.29) is 0 Å². The lowest BCUT2D eigenvalue weighted by molar-refractivity contribution is 0.669. The minimum Gasteiger partial charge on any atom is -0.456 e. The molecule has 0 bridgehead atoms. The Kier molecular flexibility index (Phi) is 5.86. The Morgan fingerprint density at radius 3 is 1.75 bits per heavy atom. The van der Waals surface area contributed by atoms with E-state index in [1.54, 1.807) is 0 Å². The van der Waals surface area contributed by atoms with Crippen LogP contribution in [0.1, 0.15) is 0 Å². The van der Waals surface area contributed by atoms with Gasteiger partial charge in [0.25, 0.3) is 0 Å². The fourth-order valence-electron chi connectivity index (χ4n) is 7.76. The van der Waals surface area contributed by atoms with Gasteiger partial charge in [-0.15, -0.1) is 0 Å². The molecule has 0 aliphatic rings. The lowest BCUT2D eigenvalue weighted by Crippen LogP contribution is -2.06. The van der Waals surface area contributed by atoms with Crippen LogP contribution in [0.3, 0.4) is 0 Å². The molecule has 4 heterocycles. The monoisotopic (exact) mass is 653 g/mol. The third-order valence-corrected chi connectivity index (χ3v) is 9.98. The van der Waals surface area contributed by atoms with Crippen molar-refractivity contribution >= 4 is 65.6 Å². The fourth-order valence-corrected chi connectivity index (χ4v) is 7.76. The second-order valence-corrected chi connectivity index (χ2v) is 12.9. The van der Waals surface area contributed by atoms with Gasteiger partial charge in [0, 0.05) is 49.1 Å². The highest BCUT2D eigenvalue weighted by Crippen LogP contribution is 2.40. The molecular weight excluding hydrogens is 627 g/mol. The first kappa shape index (κ1) is 27.9. The molecule has 0 radical (unpaired) electrons. The summed E-state index contributed by atoms with van der Waals surface area (Å²) in [6.45, 7) is 0. The summed E-state index contributed by atoms with van der Waals surface area (Å²) in [5, 5.41) is 6.70. The van der Waals surface area contributed by atoms with Crippen molar-refractivity contribution in [2.24, 2.45) is 0 Å². The maximum atomic E-state index is 6.28. The lowest BCUT2D eigenvalue weighted by atomic mass is 10.1. The van der Waals surface area contributed by atoms with E-state index < -0.39 is 0 Å². The van der Waals surface area contributed by atoms with Crippen LogP contribution in [-0.4, -0.2) is 24.1 Å². The van der Waals surface area contributed by atoms with Crippen LogP contribution in [0.5, 0.6) is 0 Å². The van der Waals surface area contributed by atoms with E-state index in [0.29, 0.717) is 17.6 Å². The normalized spacial score (nSPS) is 11.9. The molecule has 0 aliphatic heterocycles. The number of furan rings is 1. The third kappa shape index (κ3) is 4.14. The number of rotatable bonds is 4. The van der Waals surface area contributed by atoms with Crippen LogP contribution in [0.25, 0.3) is 100.0 Å². The predicted molar refractivity (Wildman–Crippen MR) is 207 cm³/mol. The molecule has 0 saturated heterocycles. The minimum absolute atomic E-state index is 0.552.